The van der Waals surface area contributed by atoms with Gasteiger partial charge in [-0.05, 0) is 48.5 Å². The second-order valence-corrected chi connectivity index (χ2v) is 12.8. The first-order valence-corrected chi connectivity index (χ1v) is 15.9. The number of piperazine rings is 1. The molecular weight excluding hydrogens is 610 g/mol. The van der Waals surface area contributed by atoms with Crippen LogP contribution in [-0.2, 0) is 4.79 Å². The average molecular weight is 643 g/mol. The summed E-state index contributed by atoms with van der Waals surface area (Å²) in [5.41, 5.74) is 0.615. The number of nitrogens with zero attached hydrogens (tertiary/aromatic N) is 6. The maximum Gasteiger partial charge on any atom is 0.319 e. The van der Waals surface area contributed by atoms with Crippen molar-refractivity contribution in [2.45, 2.75) is 43.4 Å². The fourth-order valence-electron chi connectivity index (χ4n) is 7.54. The Kier molecular flexibility index (Phi) is 7.99. The van der Waals surface area contributed by atoms with Gasteiger partial charge < -0.3 is 14.5 Å². The van der Waals surface area contributed by atoms with Crippen LogP contribution in [0.25, 0.3) is 32.8 Å². The van der Waals surface area contributed by atoms with Crippen LogP contribution in [0.2, 0.25) is 5.02 Å². The zero-order valence-electron chi connectivity index (χ0n) is 25.3. The van der Waals surface area contributed by atoms with Crippen LogP contribution in [0.1, 0.15) is 25.7 Å². The lowest BCUT2D eigenvalue weighted by Gasteiger charge is -2.41. The van der Waals surface area contributed by atoms with Gasteiger partial charge in [-0.1, -0.05) is 54.6 Å². The number of aromatic nitrogens is 2. The van der Waals surface area contributed by atoms with Crippen LogP contribution < -0.4 is 9.64 Å². The van der Waals surface area contributed by atoms with E-state index in [9.17, 15) is 14.4 Å². The van der Waals surface area contributed by atoms with Crippen molar-refractivity contribution in [1.82, 2.24) is 19.8 Å². The van der Waals surface area contributed by atoms with E-state index in [0.717, 1.165) is 30.2 Å². The Balaban J connectivity index is 1.33. The van der Waals surface area contributed by atoms with Gasteiger partial charge in [-0.2, -0.15) is 15.2 Å². The number of carbonyl (C=O) groups is 1. The SMILES string of the molecule is C=CC(=O)N1CCN(c2nc(OC[C@@]34CCCN3C[C@H](F)C4)nc3c(F)c(-c4cccc5cccc(Cl)c45)ccc23)C[C@@H]1CC#N. The van der Waals surface area contributed by atoms with E-state index in [4.69, 9.17) is 21.3 Å². The molecule has 3 aliphatic heterocycles. The predicted molar refractivity (Wildman–Crippen MR) is 174 cm³/mol. The molecule has 0 spiro atoms. The number of nitriles is 1. The molecule has 0 N–H and O–H groups in total. The standard InChI is InChI=1S/C35H33ClF2N6O2/c1-2-29(45)44-17-16-42(20-24(44)12-14-39)33-27-11-10-26(25-8-3-6-22-7-4-9-28(36)30(22)25)31(38)32(27)40-34(41-33)46-21-35-13-5-15-43(35)19-23(37)18-35/h2-4,6-11,23-24H,1,5,12-13,15-21H2/t23-,24+,35+/m1/s1. The number of carbonyl (C=O) groups excluding carboxylic acids is 1. The molecule has 3 aliphatic rings. The van der Waals surface area contributed by atoms with E-state index in [1.165, 1.54) is 6.08 Å². The molecule has 3 fully saturated rings. The lowest BCUT2D eigenvalue weighted by atomic mass is 9.95. The Morgan fingerprint density at radius 3 is 2.76 bits per heavy atom. The topological polar surface area (TPSA) is 85.6 Å². The van der Waals surface area contributed by atoms with Crippen molar-refractivity contribution in [2.24, 2.45) is 0 Å². The van der Waals surface area contributed by atoms with Gasteiger partial charge in [0.25, 0.3) is 0 Å². The maximum absolute atomic E-state index is 16.8. The molecule has 4 heterocycles. The fourth-order valence-corrected chi connectivity index (χ4v) is 7.83. The molecule has 8 nitrogen and oxygen atoms in total. The molecule has 46 heavy (non-hydrogen) atoms. The molecule has 4 aromatic rings. The van der Waals surface area contributed by atoms with Crippen molar-refractivity contribution in [2.75, 3.05) is 44.2 Å². The first-order valence-electron chi connectivity index (χ1n) is 15.6. The van der Waals surface area contributed by atoms with Gasteiger partial charge in [-0.3, -0.25) is 9.69 Å². The van der Waals surface area contributed by atoms with Crippen molar-refractivity contribution in [3.63, 3.8) is 0 Å². The molecular formula is C35H33ClF2N6O2. The highest BCUT2D eigenvalue weighted by molar-refractivity contribution is 6.36. The fraction of sp³-hybridized carbons (Fsp3) is 0.371. The summed E-state index contributed by atoms with van der Waals surface area (Å²) in [6.45, 7) is 6.04. The molecule has 1 aromatic heterocycles. The van der Waals surface area contributed by atoms with Gasteiger partial charge in [0.1, 0.15) is 24.1 Å². The minimum absolute atomic E-state index is 0.000494. The second-order valence-electron chi connectivity index (χ2n) is 12.4. The van der Waals surface area contributed by atoms with Crippen LogP contribution in [0.4, 0.5) is 14.6 Å². The van der Waals surface area contributed by atoms with E-state index in [0.29, 0.717) is 60.0 Å². The van der Waals surface area contributed by atoms with Gasteiger partial charge in [-0.15, -0.1) is 0 Å². The molecule has 0 radical (unpaired) electrons. The summed E-state index contributed by atoms with van der Waals surface area (Å²) in [5, 5.41) is 12.1. The third-order valence-corrected chi connectivity index (χ3v) is 10.0. The number of ether oxygens (including phenoxy) is 1. The van der Waals surface area contributed by atoms with Crippen LogP contribution in [0.5, 0.6) is 6.01 Å². The van der Waals surface area contributed by atoms with E-state index in [2.05, 4.69) is 22.5 Å². The normalized spacial score (nSPS) is 23.1. The lowest BCUT2D eigenvalue weighted by molar-refractivity contribution is -0.128. The summed E-state index contributed by atoms with van der Waals surface area (Å²) in [7, 11) is 0. The van der Waals surface area contributed by atoms with Gasteiger partial charge in [0.2, 0.25) is 5.91 Å². The van der Waals surface area contributed by atoms with E-state index in [1.54, 1.807) is 23.1 Å². The first-order chi connectivity index (χ1) is 22.3. The molecule has 3 aromatic carbocycles. The zero-order valence-corrected chi connectivity index (χ0v) is 26.0. The van der Waals surface area contributed by atoms with Gasteiger partial charge in [0, 0.05) is 54.0 Å². The molecule has 0 bridgehead atoms. The third-order valence-electron chi connectivity index (χ3n) is 9.71. The summed E-state index contributed by atoms with van der Waals surface area (Å²) in [6, 6.07) is 16.5. The Morgan fingerprint density at radius 2 is 1.96 bits per heavy atom. The van der Waals surface area contributed by atoms with Crippen LogP contribution in [0, 0.1) is 17.1 Å². The van der Waals surface area contributed by atoms with Crippen molar-refractivity contribution < 1.29 is 18.3 Å². The van der Waals surface area contributed by atoms with E-state index in [-0.39, 0.29) is 30.5 Å². The molecule has 3 atom stereocenters. The second kappa shape index (κ2) is 12.1. The minimum atomic E-state index is -0.920. The number of hydrogen-bond acceptors (Lipinski definition) is 7. The number of amides is 1. The molecule has 7 rings (SSSR count). The summed E-state index contributed by atoms with van der Waals surface area (Å²) >= 11 is 6.61. The van der Waals surface area contributed by atoms with E-state index >= 15 is 4.39 Å². The number of benzene rings is 3. The molecule has 3 saturated heterocycles. The molecule has 11 heteroatoms. The molecule has 0 saturated carbocycles. The van der Waals surface area contributed by atoms with Crippen LogP contribution in [0.15, 0.2) is 61.2 Å². The Hall–Kier alpha value is -4.33. The summed E-state index contributed by atoms with van der Waals surface area (Å²) in [5.74, 6) is -0.340. The Morgan fingerprint density at radius 1 is 1.13 bits per heavy atom. The highest BCUT2D eigenvalue weighted by Crippen LogP contribution is 2.42. The largest absolute Gasteiger partial charge is 0.461 e. The molecule has 0 unspecified atom stereocenters. The van der Waals surface area contributed by atoms with Gasteiger partial charge in [0.15, 0.2) is 5.82 Å². The predicted octanol–water partition coefficient (Wildman–Crippen LogP) is 6.31. The highest BCUT2D eigenvalue weighted by atomic mass is 35.5. The molecule has 0 aliphatic carbocycles. The number of anilines is 1. The number of hydrogen-bond donors (Lipinski definition) is 0. The Bertz CT molecular complexity index is 1890. The number of alkyl halides is 1. The number of fused-ring (bicyclic) bond motifs is 3. The van der Waals surface area contributed by atoms with Crippen molar-refractivity contribution in [3.05, 3.63) is 72.0 Å². The van der Waals surface area contributed by atoms with Crippen molar-refractivity contribution in [3.8, 4) is 23.2 Å². The first kappa shape index (κ1) is 30.3. The lowest BCUT2D eigenvalue weighted by Crippen LogP contribution is -2.55. The monoisotopic (exact) mass is 642 g/mol. The van der Waals surface area contributed by atoms with E-state index < -0.39 is 23.6 Å². The molecule has 236 valence electrons. The average Bonchev–Trinajstić information content (AvgIpc) is 3.59. The quantitative estimate of drug-likeness (QED) is 0.218. The third kappa shape index (κ3) is 5.21. The Labute approximate surface area is 270 Å². The summed E-state index contributed by atoms with van der Waals surface area (Å²) in [4.78, 5) is 27.7. The van der Waals surface area contributed by atoms with Crippen LogP contribution in [-0.4, -0.2) is 82.8 Å². The molecule has 1 amide bonds. The van der Waals surface area contributed by atoms with Gasteiger partial charge >= 0.3 is 6.01 Å². The van der Waals surface area contributed by atoms with Gasteiger partial charge in [-0.25, -0.2) is 8.78 Å². The smallest absolute Gasteiger partial charge is 0.319 e. The van der Waals surface area contributed by atoms with Crippen molar-refractivity contribution >= 4 is 45.0 Å². The van der Waals surface area contributed by atoms with E-state index in [1.807, 2.05) is 35.2 Å². The summed E-state index contributed by atoms with van der Waals surface area (Å²) < 4.78 is 37.5. The number of halogens is 3. The summed E-state index contributed by atoms with van der Waals surface area (Å²) in [6.07, 6.45) is 2.59. The maximum atomic E-state index is 16.8. The minimum Gasteiger partial charge on any atom is -0.461 e. The number of rotatable bonds is 7. The van der Waals surface area contributed by atoms with Gasteiger partial charge in [0.05, 0.1) is 24.1 Å². The zero-order chi connectivity index (χ0) is 32.0. The van der Waals surface area contributed by atoms with Crippen LogP contribution in [0.3, 0.4) is 0 Å². The van der Waals surface area contributed by atoms with Crippen LogP contribution >= 0.6 is 11.6 Å². The van der Waals surface area contributed by atoms with Crippen molar-refractivity contribution in [1.29, 1.82) is 5.26 Å². The highest BCUT2D eigenvalue weighted by Gasteiger charge is 2.49.